The summed E-state index contributed by atoms with van der Waals surface area (Å²) in [4.78, 5) is 12.1. The molecule has 140 valence electrons. The van der Waals surface area contributed by atoms with Gasteiger partial charge < -0.3 is 5.32 Å². The third kappa shape index (κ3) is 5.48. The molecule has 0 radical (unpaired) electrons. The van der Waals surface area contributed by atoms with Crippen LogP contribution in [-0.4, -0.2) is 20.1 Å². The summed E-state index contributed by atoms with van der Waals surface area (Å²) in [5.74, 6) is -0.556. The molecule has 2 N–H and O–H groups in total. The molecular weight excluding hydrogens is 369 g/mol. The zero-order chi connectivity index (χ0) is 19.4. The van der Waals surface area contributed by atoms with E-state index in [4.69, 9.17) is 0 Å². The monoisotopic (exact) mass is 386 g/mol. The number of halogens is 3. The van der Waals surface area contributed by atoms with Crippen molar-refractivity contribution in [1.29, 1.82) is 0 Å². The van der Waals surface area contributed by atoms with Gasteiger partial charge in [0.2, 0.25) is 10.0 Å². The van der Waals surface area contributed by atoms with Crippen LogP contribution in [0.15, 0.2) is 48.5 Å². The van der Waals surface area contributed by atoms with Crippen LogP contribution in [-0.2, 0) is 22.7 Å². The fraction of sp³-hybridized carbons (Fsp3) is 0.235. The summed E-state index contributed by atoms with van der Waals surface area (Å²) in [6, 6.07) is 10.4. The van der Waals surface area contributed by atoms with Gasteiger partial charge in [0.15, 0.2) is 0 Å². The van der Waals surface area contributed by atoms with Gasteiger partial charge in [-0.2, -0.15) is 13.2 Å². The summed E-state index contributed by atoms with van der Waals surface area (Å²) in [7, 11) is -3.41. The van der Waals surface area contributed by atoms with Gasteiger partial charge in [-0.1, -0.05) is 12.1 Å². The van der Waals surface area contributed by atoms with E-state index in [0.717, 1.165) is 12.1 Å². The van der Waals surface area contributed by atoms with Crippen molar-refractivity contribution in [3.63, 3.8) is 0 Å². The molecule has 0 heterocycles. The first-order valence-electron chi connectivity index (χ1n) is 7.65. The van der Waals surface area contributed by atoms with Gasteiger partial charge in [0.05, 0.1) is 11.3 Å². The Morgan fingerprint density at radius 3 is 2.31 bits per heavy atom. The average Bonchev–Trinajstić information content (AvgIpc) is 2.59. The van der Waals surface area contributed by atoms with Gasteiger partial charge >= 0.3 is 6.18 Å². The summed E-state index contributed by atoms with van der Waals surface area (Å²) in [5, 5.41) is 2.53. The SMILES string of the molecule is CCS(=O)(=O)Nc1ccc(C(=O)NCc2cccc(C(F)(F)F)c2)cc1. The maximum atomic E-state index is 12.7. The van der Waals surface area contributed by atoms with E-state index in [1.807, 2.05) is 0 Å². The van der Waals surface area contributed by atoms with E-state index >= 15 is 0 Å². The minimum absolute atomic E-state index is 0.0625. The van der Waals surface area contributed by atoms with Crippen LogP contribution in [0.1, 0.15) is 28.4 Å². The van der Waals surface area contributed by atoms with E-state index in [2.05, 4.69) is 10.0 Å². The van der Waals surface area contributed by atoms with Crippen LogP contribution >= 0.6 is 0 Å². The molecule has 26 heavy (non-hydrogen) atoms. The van der Waals surface area contributed by atoms with Crippen LogP contribution in [0, 0.1) is 0 Å². The normalized spacial score (nSPS) is 11.8. The molecule has 1 amide bonds. The summed E-state index contributed by atoms with van der Waals surface area (Å²) in [5.41, 5.74) is 0.120. The molecule has 0 aliphatic heterocycles. The highest BCUT2D eigenvalue weighted by molar-refractivity contribution is 7.92. The number of amides is 1. The Bertz CT molecular complexity index is 879. The molecule has 0 aromatic heterocycles. The zero-order valence-corrected chi connectivity index (χ0v) is 14.6. The van der Waals surface area contributed by atoms with E-state index in [0.29, 0.717) is 11.3 Å². The number of nitrogens with one attached hydrogen (secondary N) is 2. The predicted molar refractivity (Wildman–Crippen MR) is 92.1 cm³/mol. The fourth-order valence-corrected chi connectivity index (χ4v) is 2.72. The van der Waals surface area contributed by atoms with Crippen molar-refractivity contribution in [3.8, 4) is 0 Å². The van der Waals surface area contributed by atoms with Gasteiger partial charge in [0, 0.05) is 17.8 Å². The minimum atomic E-state index is -4.44. The van der Waals surface area contributed by atoms with Crippen LogP contribution < -0.4 is 10.0 Å². The third-order valence-electron chi connectivity index (χ3n) is 3.51. The lowest BCUT2D eigenvalue weighted by molar-refractivity contribution is -0.137. The second kappa shape index (κ2) is 7.77. The van der Waals surface area contributed by atoms with Crippen molar-refractivity contribution in [2.75, 3.05) is 10.5 Å². The Labute approximate surface area is 149 Å². The molecule has 0 aliphatic carbocycles. The molecule has 2 aromatic rings. The number of rotatable bonds is 6. The second-order valence-corrected chi connectivity index (χ2v) is 7.47. The number of benzene rings is 2. The average molecular weight is 386 g/mol. The number of carbonyl (C=O) groups is 1. The lowest BCUT2D eigenvalue weighted by atomic mass is 10.1. The quantitative estimate of drug-likeness (QED) is 0.799. The second-order valence-electron chi connectivity index (χ2n) is 5.46. The zero-order valence-electron chi connectivity index (χ0n) is 13.8. The van der Waals surface area contributed by atoms with E-state index in [9.17, 15) is 26.4 Å². The summed E-state index contributed by atoms with van der Waals surface area (Å²) in [6.45, 7) is 1.44. The predicted octanol–water partition coefficient (Wildman–Crippen LogP) is 3.40. The van der Waals surface area contributed by atoms with Gasteiger partial charge in [0.1, 0.15) is 0 Å². The largest absolute Gasteiger partial charge is 0.416 e. The van der Waals surface area contributed by atoms with E-state index in [-0.39, 0.29) is 17.9 Å². The number of carbonyl (C=O) groups excluding carboxylic acids is 1. The third-order valence-corrected chi connectivity index (χ3v) is 4.81. The van der Waals surface area contributed by atoms with Crippen molar-refractivity contribution < 1.29 is 26.4 Å². The van der Waals surface area contributed by atoms with Gasteiger partial charge in [-0.25, -0.2) is 8.42 Å². The van der Waals surface area contributed by atoms with Crippen molar-refractivity contribution >= 4 is 21.6 Å². The van der Waals surface area contributed by atoms with Gasteiger partial charge in [-0.05, 0) is 48.9 Å². The van der Waals surface area contributed by atoms with Crippen LogP contribution in [0.5, 0.6) is 0 Å². The molecule has 0 aliphatic rings. The molecule has 0 spiro atoms. The number of hydrogen-bond acceptors (Lipinski definition) is 3. The molecular formula is C17H17F3N2O3S. The Kier molecular flexibility index (Phi) is 5.91. The van der Waals surface area contributed by atoms with Gasteiger partial charge in [-0.15, -0.1) is 0 Å². The van der Waals surface area contributed by atoms with Crippen LogP contribution in [0.2, 0.25) is 0 Å². The summed E-state index contributed by atoms with van der Waals surface area (Å²) in [6.07, 6.45) is -4.44. The molecule has 0 atom stereocenters. The van der Waals surface area contributed by atoms with Crippen molar-refractivity contribution in [2.24, 2.45) is 0 Å². The number of anilines is 1. The summed E-state index contributed by atoms with van der Waals surface area (Å²) < 4.78 is 63.3. The van der Waals surface area contributed by atoms with Crippen LogP contribution in [0.4, 0.5) is 18.9 Å². The Morgan fingerprint density at radius 2 is 1.73 bits per heavy atom. The van der Waals surface area contributed by atoms with E-state index in [1.54, 1.807) is 0 Å². The molecule has 0 saturated carbocycles. The Morgan fingerprint density at radius 1 is 1.08 bits per heavy atom. The lowest BCUT2D eigenvalue weighted by Crippen LogP contribution is -2.23. The Hall–Kier alpha value is -2.55. The molecule has 0 bridgehead atoms. The first kappa shape index (κ1) is 19.8. The fourth-order valence-electron chi connectivity index (χ4n) is 2.08. The van der Waals surface area contributed by atoms with E-state index in [1.165, 1.54) is 43.3 Å². The minimum Gasteiger partial charge on any atom is -0.348 e. The molecule has 5 nitrogen and oxygen atoms in total. The number of alkyl halides is 3. The first-order chi connectivity index (χ1) is 12.1. The molecule has 9 heteroatoms. The van der Waals surface area contributed by atoms with Crippen molar-refractivity contribution in [1.82, 2.24) is 5.32 Å². The van der Waals surface area contributed by atoms with Crippen LogP contribution in [0.3, 0.4) is 0 Å². The molecule has 2 aromatic carbocycles. The highest BCUT2D eigenvalue weighted by Crippen LogP contribution is 2.29. The maximum Gasteiger partial charge on any atom is 0.416 e. The highest BCUT2D eigenvalue weighted by Gasteiger charge is 2.30. The Balaban J connectivity index is 2.00. The molecule has 0 fully saturated rings. The van der Waals surface area contributed by atoms with Gasteiger partial charge in [0.25, 0.3) is 5.91 Å². The smallest absolute Gasteiger partial charge is 0.348 e. The standard InChI is InChI=1S/C17H17F3N2O3S/c1-2-26(24,25)22-15-8-6-13(7-9-15)16(23)21-11-12-4-3-5-14(10-12)17(18,19)20/h3-10,22H,2,11H2,1H3,(H,21,23). The van der Waals surface area contributed by atoms with Gasteiger partial charge in [-0.3, -0.25) is 9.52 Å². The molecule has 0 unspecified atom stereocenters. The first-order valence-corrected chi connectivity index (χ1v) is 9.31. The van der Waals surface area contributed by atoms with Crippen molar-refractivity contribution in [2.45, 2.75) is 19.6 Å². The lowest BCUT2D eigenvalue weighted by Gasteiger charge is -2.10. The maximum absolute atomic E-state index is 12.7. The highest BCUT2D eigenvalue weighted by atomic mass is 32.2. The summed E-state index contributed by atoms with van der Waals surface area (Å²) >= 11 is 0. The number of sulfonamides is 1. The molecule has 2 rings (SSSR count). The topological polar surface area (TPSA) is 75.3 Å². The molecule has 0 saturated heterocycles. The van der Waals surface area contributed by atoms with Crippen LogP contribution in [0.25, 0.3) is 0 Å². The number of hydrogen-bond donors (Lipinski definition) is 2. The van der Waals surface area contributed by atoms with Crippen molar-refractivity contribution in [3.05, 3.63) is 65.2 Å². The van der Waals surface area contributed by atoms with E-state index < -0.39 is 27.7 Å².